The number of carbonyl (C=O) groups excluding carboxylic acids is 2. The number of nitrogens with zero attached hydrogens (tertiary/aromatic N) is 2. The molecule has 0 radical (unpaired) electrons. The smallest absolute Gasteiger partial charge is 0.342 e. The molecule has 0 spiro atoms. The summed E-state index contributed by atoms with van der Waals surface area (Å²) < 4.78 is 37.8. The molecule has 1 fully saturated rings. The van der Waals surface area contributed by atoms with E-state index in [1.54, 1.807) is 22.4 Å². The molecule has 10 heteroatoms. The summed E-state index contributed by atoms with van der Waals surface area (Å²) in [5, 5.41) is 4.39. The maximum Gasteiger partial charge on any atom is 0.419 e. The van der Waals surface area contributed by atoms with Crippen molar-refractivity contribution in [1.82, 2.24) is 10.2 Å². The number of thiophene rings is 1. The largest absolute Gasteiger partial charge is 0.419 e. The zero-order chi connectivity index (χ0) is 19.4. The third-order valence-electron chi connectivity index (χ3n) is 4.24. The predicted octanol–water partition coefficient (Wildman–Crippen LogP) is 1.66. The van der Waals surface area contributed by atoms with Crippen LogP contribution in [0.4, 0.5) is 19.0 Å². The zero-order valence-corrected chi connectivity index (χ0v) is 15.1. The summed E-state index contributed by atoms with van der Waals surface area (Å²) in [6.07, 6.45) is -3.44. The van der Waals surface area contributed by atoms with Gasteiger partial charge in [-0.1, -0.05) is 6.07 Å². The number of anilines is 1. The number of piperazine rings is 1. The third kappa shape index (κ3) is 4.76. The SMILES string of the molecule is O=C(NCC(=O)N1CCN(c2ccc(C(F)(F)F)c[nH+]2)CC1)c1cccs1. The van der Waals surface area contributed by atoms with Crippen LogP contribution in [0.1, 0.15) is 15.2 Å². The maximum absolute atomic E-state index is 12.6. The van der Waals surface area contributed by atoms with Crippen LogP contribution in [0, 0.1) is 0 Å². The molecule has 3 heterocycles. The average molecular weight is 399 g/mol. The number of hydrogen-bond donors (Lipinski definition) is 1. The summed E-state index contributed by atoms with van der Waals surface area (Å²) in [5.41, 5.74) is -0.735. The highest BCUT2D eigenvalue weighted by Crippen LogP contribution is 2.28. The summed E-state index contributed by atoms with van der Waals surface area (Å²) in [5.74, 6) is 0.105. The quantitative estimate of drug-likeness (QED) is 0.851. The number of aromatic amines is 1. The fourth-order valence-electron chi connectivity index (χ4n) is 2.75. The molecule has 1 saturated heterocycles. The summed E-state index contributed by atoms with van der Waals surface area (Å²) in [6.45, 7) is 1.77. The number of carbonyl (C=O) groups is 2. The lowest BCUT2D eigenvalue weighted by atomic mass is 10.2. The number of amides is 2. The van der Waals surface area contributed by atoms with Gasteiger partial charge in [0.1, 0.15) is 19.3 Å². The average Bonchev–Trinajstić information content (AvgIpc) is 3.20. The minimum Gasteiger partial charge on any atom is -0.342 e. The molecule has 2 amide bonds. The van der Waals surface area contributed by atoms with Crippen molar-refractivity contribution in [3.63, 3.8) is 0 Å². The minimum atomic E-state index is -4.38. The fourth-order valence-corrected chi connectivity index (χ4v) is 3.39. The molecule has 1 aliphatic heterocycles. The molecule has 0 bridgehead atoms. The van der Waals surface area contributed by atoms with Gasteiger partial charge in [0.15, 0.2) is 0 Å². The number of halogens is 3. The van der Waals surface area contributed by atoms with E-state index in [9.17, 15) is 22.8 Å². The van der Waals surface area contributed by atoms with Gasteiger partial charge in [0, 0.05) is 6.07 Å². The van der Waals surface area contributed by atoms with Gasteiger partial charge in [-0.2, -0.15) is 13.2 Å². The summed E-state index contributed by atoms with van der Waals surface area (Å²) in [4.78, 5) is 30.8. The monoisotopic (exact) mass is 399 g/mol. The van der Waals surface area contributed by atoms with Crippen molar-refractivity contribution < 1.29 is 27.7 Å². The van der Waals surface area contributed by atoms with E-state index in [1.807, 2.05) is 4.90 Å². The Kier molecular flexibility index (Phi) is 5.64. The Bertz CT molecular complexity index is 786. The first-order chi connectivity index (χ1) is 12.8. The van der Waals surface area contributed by atoms with Gasteiger partial charge in [-0.25, -0.2) is 4.98 Å². The molecule has 2 N–H and O–H groups in total. The van der Waals surface area contributed by atoms with E-state index in [-0.39, 0.29) is 18.4 Å². The van der Waals surface area contributed by atoms with Gasteiger partial charge in [-0.15, -0.1) is 11.3 Å². The zero-order valence-electron chi connectivity index (χ0n) is 14.3. The number of H-pyrrole nitrogens is 1. The lowest BCUT2D eigenvalue weighted by molar-refractivity contribution is -0.367. The molecule has 1 aliphatic rings. The van der Waals surface area contributed by atoms with Crippen molar-refractivity contribution in [2.75, 3.05) is 37.6 Å². The Morgan fingerprint density at radius 3 is 2.44 bits per heavy atom. The first-order valence-electron chi connectivity index (χ1n) is 8.28. The van der Waals surface area contributed by atoms with Crippen molar-refractivity contribution in [2.45, 2.75) is 6.18 Å². The third-order valence-corrected chi connectivity index (χ3v) is 5.11. The van der Waals surface area contributed by atoms with Crippen LogP contribution in [0.25, 0.3) is 0 Å². The topological polar surface area (TPSA) is 66.8 Å². The molecule has 0 unspecified atom stereocenters. The standard InChI is InChI=1S/C17H17F3N4O2S/c18-17(19,20)12-3-4-14(21-10-12)23-5-7-24(8-6-23)15(25)11-22-16(26)13-2-1-9-27-13/h1-4,9-10H,5-8,11H2,(H,22,26)/p+1. The first kappa shape index (κ1) is 19.2. The van der Waals surface area contributed by atoms with E-state index in [0.29, 0.717) is 36.9 Å². The highest BCUT2D eigenvalue weighted by molar-refractivity contribution is 7.12. The molecule has 0 saturated carbocycles. The van der Waals surface area contributed by atoms with Crippen molar-refractivity contribution in [3.8, 4) is 0 Å². The lowest BCUT2D eigenvalue weighted by Crippen LogP contribution is -2.52. The number of hydrogen-bond acceptors (Lipinski definition) is 4. The first-order valence-corrected chi connectivity index (χ1v) is 9.16. The van der Waals surface area contributed by atoms with Crippen molar-refractivity contribution in [1.29, 1.82) is 0 Å². The number of aromatic nitrogens is 1. The van der Waals surface area contributed by atoms with Crippen LogP contribution in [0.5, 0.6) is 0 Å². The molecule has 2 aromatic heterocycles. The van der Waals surface area contributed by atoms with Gasteiger partial charge < -0.3 is 10.2 Å². The second kappa shape index (κ2) is 7.95. The van der Waals surface area contributed by atoms with Gasteiger partial charge in [0.2, 0.25) is 5.91 Å². The second-order valence-corrected chi connectivity index (χ2v) is 6.94. The van der Waals surface area contributed by atoms with E-state index in [4.69, 9.17) is 0 Å². The summed E-state index contributed by atoms with van der Waals surface area (Å²) in [7, 11) is 0. The van der Waals surface area contributed by atoms with Gasteiger partial charge in [-0.05, 0) is 17.5 Å². The van der Waals surface area contributed by atoms with E-state index >= 15 is 0 Å². The molecule has 0 aromatic carbocycles. The van der Waals surface area contributed by atoms with Crippen molar-refractivity contribution in [3.05, 3.63) is 46.3 Å². The van der Waals surface area contributed by atoms with E-state index < -0.39 is 11.7 Å². The second-order valence-electron chi connectivity index (χ2n) is 5.99. The normalized spacial score (nSPS) is 14.9. The van der Waals surface area contributed by atoms with Crippen LogP contribution in [0.2, 0.25) is 0 Å². The molecule has 27 heavy (non-hydrogen) atoms. The van der Waals surface area contributed by atoms with Gasteiger partial charge in [0.05, 0.1) is 30.1 Å². The Morgan fingerprint density at radius 2 is 1.89 bits per heavy atom. The lowest BCUT2D eigenvalue weighted by Gasteiger charge is -2.31. The fraction of sp³-hybridized carbons (Fsp3) is 0.353. The summed E-state index contributed by atoms with van der Waals surface area (Å²) in [6, 6.07) is 5.87. The number of rotatable bonds is 4. The molecule has 6 nitrogen and oxygen atoms in total. The van der Waals surface area contributed by atoms with E-state index in [1.165, 1.54) is 17.4 Å². The van der Waals surface area contributed by atoms with Crippen LogP contribution in [0.3, 0.4) is 0 Å². The van der Waals surface area contributed by atoms with Crippen LogP contribution in [-0.4, -0.2) is 49.4 Å². The molecule has 0 atom stereocenters. The van der Waals surface area contributed by atoms with E-state index in [0.717, 1.165) is 12.3 Å². The van der Waals surface area contributed by atoms with Gasteiger partial charge in [0.25, 0.3) is 11.7 Å². The van der Waals surface area contributed by atoms with Crippen LogP contribution < -0.4 is 15.2 Å². The van der Waals surface area contributed by atoms with Crippen molar-refractivity contribution in [2.24, 2.45) is 0 Å². The predicted molar refractivity (Wildman–Crippen MR) is 93.4 cm³/mol. The van der Waals surface area contributed by atoms with Gasteiger partial charge >= 0.3 is 6.18 Å². The summed E-state index contributed by atoms with van der Waals surface area (Å²) >= 11 is 1.30. The van der Waals surface area contributed by atoms with Gasteiger partial charge in [-0.3, -0.25) is 14.5 Å². The highest BCUT2D eigenvalue weighted by atomic mass is 32.1. The molecular weight excluding hydrogens is 381 g/mol. The Morgan fingerprint density at radius 1 is 1.15 bits per heavy atom. The molecule has 3 rings (SSSR count). The Balaban J connectivity index is 1.48. The molecule has 0 aliphatic carbocycles. The highest BCUT2D eigenvalue weighted by Gasteiger charge is 2.33. The van der Waals surface area contributed by atoms with Crippen molar-refractivity contribution >= 4 is 29.0 Å². The van der Waals surface area contributed by atoms with E-state index in [2.05, 4.69) is 10.3 Å². The number of alkyl halides is 3. The number of pyridine rings is 1. The molecular formula is C17H18F3N4O2S+. The van der Waals surface area contributed by atoms with Crippen LogP contribution in [0.15, 0.2) is 35.8 Å². The maximum atomic E-state index is 12.6. The molecule has 2 aromatic rings. The van der Waals surface area contributed by atoms with Crippen LogP contribution >= 0.6 is 11.3 Å². The Labute approximate surface area is 157 Å². The minimum absolute atomic E-state index is 0.0802. The Hall–Kier alpha value is -2.62. The van der Waals surface area contributed by atoms with Crippen LogP contribution in [-0.2, 0) is 11.0 Å². The number of nitrogens with one attached hydrogen (secondary N) is 2. The molecule has 144 valence electrons.